The summed E-state index contributed by atoms with van der Waals surface area (Å²) in [6.07, 6.45) is 1.20. The smallest absolute Gasteiger partial charge is 0.0494 e. The Labute approximate surface area is 130 Å². The van der Waals surface area contributed by atoms with Gasteiger partial charge in [-0.2, -0.15) is 0 Å². The summed E-state index contributed by atoms with van der Waals surface area (Å²) in [4.78, 5) is 2.22. The summed E-state index contributed by atoms with van der Waals surface area (Å²) in [5.41, 5.74) is 2.62. The third-order valence-electron chi connectivity index (χ3n) is 3.62. The van der Waals surface area contributed by atoms with Gasteiger partial charge in [-0.1, -0.05) is 18.2 Å². The number of para-hydroxylation sites is 1. The molecule has 1 N–H and O–H groups in total. The molecule has 0 fully saturated rings. The Hall–Kier alpha value is -0.840. The molecule has 0 saturated heterocycles. The molecule has 0 spiro atoms. The Kier molecular flexibility index (Phi) is 5.64. The summed E-state index contributed by atoms with van der Waals surface area (Å²) < 4.78 is 3.61. The van der Waals surface area contributed by atoms with Crippen LogP contribution in [0.4, 0.5) is 0 Å². The maximum absolute atomic E-state index is 3.70. The number of rotatable bonds is 7. The average Bonchev–Trinajstić information content (AvgIpc) is 2.67. The van der Waals surface area contributed by atoms with E-state index in [9.17, 15) is 0 Å². The summed E-state index contributed by atoms with van der Waals surface area (Å²) in [5, 5.41) is 4.83. The van der Waals surface area contributed by atoms with E-state index in [1.54, 1.807) is 0 Å². The van der Waals surface area contributed by atoms with Crippen molar-refractivity contribution >= 4 is 26.8 Å². The monoisotopic (exact) mass is 337 g/mol. The topological polar surface area (TPSA) is 20.2 Å². The summed E-state index contributed by atoms with van der Waals surface area (Å²) in [6, 6.07) is 8.57. The van der Waals surface area contributed by atoms with Gasteiger partial charge in [0.1, 0.15) is 0 Å². The second-order valence-corrected chi connectivity index (χ2v) is 6.27. The largest absolute Gasteiger partial charge is 0.342 e. The summed E-state index contributed by atoms with van der Waals surface area (Å²) in [7, 11) is 4.24. The fraction of sp³-hybridized carbons (Fsp3) is 0.500. The van der Waals surface area contributed by atoms with Crippen molar-refractivity contribution in [3.8, 4) is 0 Å². The number of hydrogen-bond acceptors (Lipinski definition) is 2. The molecular weight excluding hydrogens is 314 g/mol. The van der Waals surface area contributed by atoms with Gasteiger partial charge >= 0.3 is 0 Å². The molecule has 0 aliphatic heterocycles. The minimum absolute atomic E-state index is 1.01. The number of fused-ring (bicyclic) bond motifs is 1. The molecule has 0 aliphatic carbocycles. The van der Waals surface area contributed by atoms with Gasteiger partial charge in [-0.3, -0.25) is 0 Å². The van der Waals surface area contributed by atoms with Crippen LogP contribution < -0.4 is 5.32 Å². The molecule has 3 nitrogen and oxygen atoms in total. The molecule has 110 valence electrons. The Balaban J connectivity index is 1.92. The first-order valence-electron chi connectivity index (χ1n) is 7.20. The summed E-state index contributed by atoms with van der Waals surface area (Å²) in [5.74, 6) is 0. The van der Waals surface area contributed by atoms with E-state index in [0.717, 1.165) is 26.2 Å². The predicted molar refractivity (Wildman–Crippen MR) is 90.4 cm³/mol. The lowest BCUT2D eigenvalue weighted by atomic mass is 10.2. The van der Waals surface area contributed by atoms with Crippen LogP contribution >= 0.6 is 15.9 Å². The molecular formula is C16H24BrN3. The molecule has 4 heteroatoms. The first kappa shape index (κ1) is 15.5. The van der Waals surface area contributed by atoms with Crippen LogP contribution in [0, 0.1) is 6.92 Å². The molecule has 20 heavy (non-hydrogen) atoms. The number of nitrogens with zero attached hydrogens (tertiary/aromatic N) is 2. The maximum Gasteiger partial charge on any atom is 0.0494 e. The molecule has 0 unspecified atom stereocenters. The Morgan fingerprint density at radius 2 is 1.95 bits per heavy atom. The molecule has 0 aliphatic rings. The highest BCUT2D eigenvalue weighted by atomic mass is 79.9. The van der Waals surface area contributed by atoms with Crippen LogP contribution in [0.2, 0.25) is 0 Å². The SMILES string of the molecule is Cc1c(Br)c2ccccc2n1CCNCCCN(C)C. The van der Waals surface area contributed by atoms with Crippen LogP contribution in [0.25, 0.3) is 10.9 Å². The van der Waals surface area contributed by atoms with Crippen molar-refractivity contribution in [3.05, 3.63) is 34.4 Å². The fourth-order valence-corrected chi connectivity index (χ4v) is 3.06. The minimum Gasteiger partial charge on any atom is -0.342 e. The molecule has 1 heterocycles. The quantitative estimate of drug-likeness (QED) is 0.782. The third-order valence-corrected chi connectivity index (χ3v) is 4.63. The number of nitrogens with one attached hydrogen (secondary N) is 1. The van der Waals surface area contributed by atoms with E-state index >= 15 is 0 Å². The van der Waals surface area contributed by atoms with Crippen LogP contribution in [-0.4, -0.2) is 43.2 Å². The molecule has 0 amide bonds. The van der Waals surface area contributed by atoms with Gasteiger partial charge in [0.05, 0.1) is 0 Å². The molecule has 0 atom stereocenters. The van der Waals surface area contributed by atoms with Crippen LogP contribution in [-0.2, 0) is 6.54 Å². The highest BCUT2D eigenvalue weighted by Crippen LogP contribution is 2.30. The van der Waals surface area contributed by atoms with Gasteiger partial charge in [0.15, 0.2) is 0 Å². The van der Waals surface area contributed by atoms with Gasteiger partial charge in [-0.05, 0) is 62.5 Å². The van der Waals surface area contributed by atoms with Crippen molar-refractivity contribution in [2.45, 2.75) is 19.9 Å². The zero-order valence-corrected chi connectivity index (χ0v) is 14.2. The Bertz CT molecular complexity index is 560. The van der Waals surface area contributed by atoms with E-state index in [1.807, 2.05) is 0 Å². The standard InChI is InChI=1S/C16H24BrN3/c1-13-16(17)14-7-4-5-8-15(14)20(13)12-10-18-9-6-11-19(2)3/h4-5,7-8,18H,6,9-12H2,1-3H3. The highest BCUT2D eigenvalue weighted by molar-refractivity contribution is 9.10. The van der Waals surface area contributed by atoms with E-state index in [0.29, 0.717) is 0 Å². The fourth-order valence-electron chi connectivity index (χ4n) is 2.51. The second kappa shape index (κ2) is 7.25. The van der Waals surface area contributed by atoms with E-state index in [4.69, 9.17) is 0 Å². The zero-order valence-electron chi connectivity index (χ0n) is 12.6. The van der Waals surface area contributed by atoms with Crippen molar-refractivity contribution in [1.82, 2.24) is 14.8 Å². The van der Waals surface area contributed by atoms with Crippen molar-refractivity contribution in [1.29, 1.82) is 0 Å². The molecule has 1 aromatic heterocycles. The van der Waals surface area contributed by atoms with Gasteiger partial charge in [-0.25, -0.2) is 0 Å². The first-order valence-corrected chi connectivity index (χ1v) is 7.99. The lowest BCUT2D eigenvalue weighted by Crippen LogP contribution is -2.24. The van der Waals surface area contributed by atoms with Gasteiger partial charge in [0.2, 0.25) is 0 Å². The summed E-state index contributed by atoms with van der Waals surface area (Å²) in [6.45, 7) is 6.43. The van der Waals surface area contributed by atoms with Gasteiger partial charge in [0, 0.05) is 34.2 Å². The van der Waals surface area contributed by atoms with Crippen molar-refractivity contribution in [3.63, 3.8) is 0 Å². The minimum atomic E-state index is 1.01. The van der Waals surface area contributed by atoms with Gasteiger partial charge in [0.25, 0.3) is 0 Å². The first-order chi connectivity index (χ1) is 9.61. The van der Waals surface area contributed by atoms with Gasteiger partial charge < -0.3 is 14.8 Å². The maximum atomic E-state index is 3.70. The number of benzene rings is 1. The molecule has 1 aromatic carbocycles. The lowest BCUT2D eigenvalue weighted by molar-refractivity contribution is 0.393. The molecule has 2 aromatic rings. The number of hydrogen-bond donors (Lipinski definition) is 1. The van der Waals surface area contributed by atoms with Crippen LogP contribution in [0.1, 0.15) is 12.1 Å². The van der Waals surface area contributed by atoms with E-state index in [2.05, 4.69) is 76.0 Å². The van der Waals surface area contributed by atoms with E-state index < -0.39 is 0 Å². The summed E-state index contributed by atoms with van der Waals surface area (Å²) >= 11 is 3.70. The van der Waals surface area contributed by atoms with Crippen molar-refractivity contribution < 1.29 is 0 Å². The lowest BCUT2D eigenvalue weighted by Gasteiger charge is -2.11. The zero-order chi connectivity index (χ0) is 14.5. The van der Waals surface area contributed by atoms with E-state index in [-0.39, 0.29) is 0 Å². The van der Waals surface area contributed by atoms with Gasteiger partial charge in [-0.15, -0.1) is 0 Å². The molecule has 0 radical (unpaired) electrons. The predicted octanol–water partition coefficient (Wildman–Crippen LogP) is 3.25. The number of halogens is 1. The third kappa shape index (κ3) is 3.62. The number of aromatic nitrogens is 1. The van der Waals surface area contributed by atoms with Crippen LogP contribution in [0.5, 0.6) is 0 Å². The van der Waals surface area contributed by atoms with E-state index in [1.165, 1.54) is 27.5 Å². The highest BCUT2D eigenvalue weighted by Gasteiger charge is 2.10. The molecule has 2 rings (SSSR count). The molecule has 0 bridgehead atoms. The van der Waals surface area contributed by atoms with Crippen molar-refractivity contribution in [2.75, 3.05) is 33.7 Å². The van der Waals surface area contributed by atoms with Crippen LogP contribution in [0.3, 0.4) is 0 Å². The van der Waals surface area contributed by atoms with Crippen molar-refractivity contribution in [2.24, 2.45) is 0 Å². The normalized spacial score (nSPS) is 11.7. The molecule has 0 saturated carbocycles. The van der Waals surface area contributed by atoms with Crippen LogP contribution in [0.15, 0.2) is 28.7 Å². The Morgan fingerprint density at radius 1 is 1.20 bits per heavy atom. The second-order valence-electron chi connectivity index (χ2n) is 5.48. The average molecular weight is 338 g/mol. The Morgan fingerprint density at radius 3 is 2.70 bits per heavy atom.